The Kier molecular flexibility index (Phi) is 4.02. The SMILES string of the molecule is COC(=O)c1ccc(C(=O)OC)c(CO)c1. The molecule has 0 aromatic heterocycles. The predicted octanol–water partition coefficient (Wildman–Crippen LogP) is 0.752. The highest BCUT2D eigenvalue weighted by Gasteiger charge is 2.14. The third kappa shape index (κ3) is 2.38. The molecule has 0 aliphatic carbocycles. The maximum absolute atomic E-state index is 11.3. The molecule has 1 N–H and O–H groups in total. The Labute approximate surface area is 92.6 Å². The third-order valence-electron chi connectivity index (χ3n) is 2.10. The largest absolute Gasteiger partial charge is 0.465 e. The molecular weight excluding hydrogens is 212 g/mol. The van der Waals surface area contributed by atoms with Crippen molar-refractivity contribution in [2.24, 2.45) is 0 Å². The zero-order valence-corrected chi connectivity index (χ0v) is 9.02. The lowest BCUT2D eigenvalue weighted by atomic mass is 10.0. The molecule has 5 heteroatoms. The number of carbonyl (C=O) groups is 2. The van der Waals surface area contributed by atoms with E-state index in [1.54, 1.807) is 0 Å². The van der Waals surface area contributed by atoms with Crippen molar-refractivity contribution in [3.8, 4) is 0 Å². The molecular formula is C11H12O5. The van der Waals surface area contributed by atoms with E-state index in [1.165, 1.54) is 32.4 Å². The Morgan fingerprint density at radius 3 is 2.31 bits per heavy atom. The maximum atomic E-state index is 11.3. The van der Waals surface area contributed by atoms with Crippen molar-refractivity contribution in [1.29, 1.82) is 0 Å². The Morgan fingerprint density at radius 1 is 1.19 bits per heavy atom. The molecule has 5 nitrogen and oxygen atoms in total. The number of hydrogen-bond donors (Lipinski definition) is 1. The molecule has 0 atom stereocenters. The minimum atomic E-state index is -0.555. The van der Waals surface area contributed by atoms with Crippen molar-refractivity contribution < 1.29 is 24.2 Å². The van der Waals surface area contributed by atoms with Crippen LogP contribution in [0.4, 0.5) is 0 Å². The molecule has 0 saturated heterocycles. The summed E-state index contributed by atoms with van der Waals surface area (Å²) in [5, 5.41) is 9.08. The Bertz CT molecular complexity index is 411. The van der Waals surface area contributed by atoms with Crippen LogP contribution >= 0.6 is 0 Å². The lowest BCUT2D eigenvalue weighted by Crippen LogP contribution is -2.09. The minimum Gasteiger partial charge on any atom is -0.465 e. The fourth-order valence-electron chi connectivity index (χ4n) is 1.28. The van der Waals surface area contributed by atoms with Crippen LogP contribution in [0.15, 0.2) is 18.2 Å². The predicted molar refractivity (Wildman–Crippen MR) is 55.0 cm³/mol. The topological polar surface area (TPSA) is 72.8 Å². The third-order valence-corrected chi connectivity index (χ3v) is 2.10. The first-order valence-corrected chi connectivity index (χ1v) is 4.54. The summed E-state index contributed by atoms with van der Waals surface area (Å²) >= 11 is 0. The molecule has 0 aliphatic heterocycles. The van der Waals surface area contributed by atoms with Crippen LogP contribution in [0, 0.1) is 0 Å². The quantitative estimate of drug-likeness (QED) is 0.767. The number of methoxy groups -OCH3 is 2. The van der Waals surface area contributed by atoms with Gasteiger partial charge in [0, 0.05) is 0 Å². The highest BCUT2D eigenvalue weighted by molar-refractivity contribution is 5.94. The Hall–Kier alpha value is -1.88. The van der Waals surface area contributed by atoms with Gasteiger partial charge in [-0.1, -0.05) is 0 Å². The molecule has 0 heterocycles. The second-order valence-corrected chi connectivity index (χ2v) is 3.01. The van der Waals surface area contributed by atoms with Gasteiger partial charge in [0.2, 0.25) is 0 Å². The van der Waals surface area contributed by atoms with Gasteiger partial charge < -0.3 is 14.6 Å². The van der Waals surface area contributed by atoms with Gasteiger partial charge in [-0.15, -0.1) is 0 Å². The number of hydrogen-bond acceptors (Lipinski definition) is 5. The van der Waals surface area contributed by atoms with Crippen LogP contribution in [-0.2, 0) is 16.1 Å². The molecule has 0 radical (unpaired) electrons. The summed E-state index contributed by atoms with van der Waals surface area (Å²) in [5.41, 5.74) is 0.839. The van der Waals surface area contributed by atoms with E-state index >= 15 is 0 Å². The summed E-state index contributed by atoms with van der Waals surface area (Å²) in [7, 11) is 2.51. The summed E-state index contributed by atoms with van der Waals surface area (Å²) in [6.45, 7) is -0.352. The second-order valence-electron chi connectivity index (χ2n) is 3.01. The highest BCUT2D eigenvalue weighted by atomic mass is 16.5. The van der Waals surface area contributed by atoms with Gasteiger partial charge in [-0.3, -0.25) is 0 Å². The van der Waals surface area contributed by atoms with E-state index < -0.39 is 11.9 Å². The van der Waals surface area contributed by atoms with E-state index in [9.17, 15) is 9.59 Å². The molecule has 0 spiro atoms. The first-order chi connectivity index (χ1) is 7.63. The zero-order valence-electron chi connectivity index (χ0n) is 9.02. The van der Waals surface area contributed by atoms with Gasteiger partial charge in [-0.05, 0) is 23.8 Å². The van der Waals surface area contributed by atoms with Crippen molar-refractivity contribution in [3.63, 3.8) is 0 Å². The molecule has 1 aromatic rings. The van der Waals surface area contributed by atoms with Crippen LogP contribution in [0.1, 0.15) is 26.3 Å². The van der Waals surface area contributed by atoms with Gasteiger partial charge in [-0.2, -0.15) is 0 Å². The Balaban J connectivity index is 3.16. The lowest BCUT2D eigenvalue weighted by Gasteiger charge is -2.07. The lowest BCUT2D eigenvalue weighted by molar-refractivity contribution is 0.0584. The van der Waals surface area contributed by atoms with E-state index in [1.807, 2.05) is 0 Å². The van der Waals surface area contributed by atoms with Crippen LogP contribution in [0.2, 0.25) is 0 Å². The van der Waals surface area contributed by atoms with Crippen molar-refractivity contribution in [3.05, 3.63) is 34.9 Å². The number of aliphatic hydroxyl groups is 1. The molecule has 1 rings (SSSR count). The van der Waals surface area contributed by atoms with E-state index in [0.717, 1.165) is 0 Å². The Morgan fingerprint density at radius 2 is 1.81 bits per heavy atom. The first kappa shape index (κ1) is 12.2. The van der Waals surface area contributed by atoms with Crippen LogP contribution in [-0.4, -0.2) is 31.3 Å². The summed E-state index contributed by atoms with van der Waals surface area (Å²) in [4.78, 5) is 22.5. The average Bonchev–Trinajstić information content (AvgIpc) is 2.35. The van der Waals surface area contributed by atoms with Crippen LogP contribution < -0.4 is 0 Å². The van der Waals surface area contributed by atoms with Gasteiger partial charge in [0.15, 0.2) is 0 Å². The highest BCUT2D eigenvalue weighted by Crippen LogP contribution is 2.14. The zero-order chi connectivity index (χ0) is 12.1. The normalized spacial score (nSPS) is 9.69. The molecule has 1 aromatic carbocycles. The van der Waals surface area contributed by atoms with Gasteiger partial charge >= 0.3 is 11.9 Å². The van der Waals surface area contributed by atoms with E-state index in [2.05, 4.69) is 9.47 Å². The molecule has 0 unspecified atom stereocenters. The van der Waals surface area contributed by atoms with Crippen molar-refractivity contribution in [2.75, 3.05) is 14.2 Å². The molecule has 0 fully saturated rings. The van der Waals surface area contributed by atoms with Crippen molar-refractivity contribution >= 4 is 11.9 Å². The van der Waals surface area contributed by atoms with Crippen LogP contribution in [0.25, 0.3) is 0 Å². The summed E-state index contributed by atoms with van der Waals surface area (Å²) in [6, 6.07) is 4.26. The monoisotopic (exact) mass is 224 g/mol. The van der Waals surface area contributed by atoms with Gasteiger partial charge in [0.1, 0.15) is 0 Å². The molecule has 0 amide bonds. The molecule has 0 aliphatic rings. The number of esters is 2. The average molecular weight is 224 g/mol. The summed E-state index contributed by atoms with van der Waals surface area (Å²) in [6.07, 6.45) is 0. The number of rotatable bonds is 3. The molecule has 0 saturated carbocycles. The smallest absolute Gasteiger partial charge is 0.338 e. The van der Waals surface area contributed by atoms with Crippen molar-refractivity contribution in [1.82, 2.24) is 0 Å². The number of benzene rings is 1. The van der Waals surface area contributed by atoms with Gasteiger partial charge in [-0.25, -0.2) is 9.59 Å². The standard InChI is InChI=1S/C11H12O5/c1-15-10(13)7-3-4-9(11(14)16-2)8(5-7)6-12/h3-5,12H,6H2,1-2H3. The second kappa shape index (κ2) is 5.27. The maximum Gasteiger partial charge on any atom is 0.338 e. The van der Waals surface area contributed by atoms with Crippen molar-refractivity contribution in [2.45, 2.75) is 6.61 Å². The minimum absolute atomic E-state index is 0.234. The van der Waals surface area contributed by atoms with E-state index in [0.29, 0.717) is 5.56 Å². The fourth-order valence-corrected chi connectivity index (χ4v) is 1.28. The van der Waals surface area contributed by atoms with Gasteiger partial charge in [0.25, 0.3) is 0 Å². The number of aliphatic hydroxyl groups excluding tert-OH is 1. The van der Waals surface area contributed by atoms with E-state index in [-0.39, 0.29) is 17.7 Å². The summed E-state index contributed by atoms with van der Waals surface area (Å²) in [5.74, 6) is -1.08. The molecule has 86 valence electrons. The first-order valence-electron chi connectivity index (χ1n) is 4.54. The molecule has 16 heavy (non-hydrogen) atoms. The van der Waals surface area contributed by atoms with Crippen LogP contribution in [0.3, 0.4) is 0 Å². The number of carbonyl (C=O) groups excluding carboxylic acids is 2. The fraction of sp³-hybridized carbons (Fsp3) is 0.273. The number of ether oxygens (including phenoxy) is 2. The van der Waals surface area contributed by atoms with Crippen LogP contribution in [0.5, 0.6) is 0 Å². The molecule has 0 bridgehead atoms. The van der Waals surface area contributed by atoms with Gasteiger partial charge in [0.05, 0.1) is 32.0 Å². The summed E-state index contributed by atoms with van der Waals surface area (Å²) < 4.78 is 9.06. The van der Waals surface area contributed by atoms with E-state index in [4.69, 9.17) is 5.11 Å².